The smallest absolute Gasteiger partial charge is 0.410 e. The lowest BCUT2D eigenvalue weighted by atomic mass is 10.1. The Morgan fingerprint density at radius 2 is 2.20 bits per heavy atom. The minimum Gasteiger partial charge on any atom is -0.444 e. The highest BCUT2D eigenvalue weighted by Crippen LogP contribution is 2.25. The number of amides is 1. The van der Waals surface area contributed by atoms with Crippen LogP contribution in [-0.4, -0.2) is 36.3 Å². The molecule has 0 aliphatic carbocycles. The van der Waals surface area contributed by atoms with Crippen molar-refractivity contribution < 1.29 is 14.3 Å². The van der Waals surface area contributed by atoms with Gasteiger partial charge in [0.2, 0.25) is 0 Å². The third kappa shape index (κ3) is 4.12. The molecule has 1 atom stereocenters. The lowest BCUT2D eigenvalue weighted by Gasteiger charge is -2.34. The molecule has 0 N–H and O–H groups in total. The lowest BCUT2D eigenvalue weighted by molar-refractivity contribution is -0.0432. The number of rotatable bonds is 1. The van der Waals surface area contributed by atoms with Gasteiger partial charge in [-0.25, -0.2) is 4.79 Å². The lowest BCUT2D eigenvalue weighted by Crippen LogP contribution is -2.44. The van der Waals surface area contributed by atoms with Crippen LogP contribution in [0.4, 0.5) is 4.79 Å². The van der Waals surface area contributed by atoms with Gasteiger partial charge in [-0.3, -0.25) is 0 Å². The molecule has 1 amide bonds. The highest BCUT2D eigenvalue weighted by atomic mass is 35.5. The van der Waals surface area contributed by atoms with Crippen LogP contribution in [0.25, 0.3) is 0 Å². The van der Waals surface area contributed by atoms with Gasteiger partial charge >= 0.3 is 6.09 Å². The summed E-state index contributed by atoms with van der Waals surface area (Å²) in [5, 5.41) is 0.667. The molecule has 0 aromatic heterocycles. The number of morpholine rings is 1. The van der Waals surface area contributed by atoms with Gasteiger partial charge in [-0.15, -0.1) is 0 Å². The Balaban J connectivity index is 2.03. The zero-order chi connectivity index (χ0) is 14.8. The number of ether oxygens (including phenoxy) is 2. The van der Waals surface area contributed by atoms with Crippen LogP contribution in [0.3, 0.4) is 0 Å². The summed E-state index contributed by atoms with van der Waals surface area (Å²) >= 11 is 5.99. The molecule has 1 aromatic carbocycles. The van der Waals surface area contributed by atoms with E-state index in [-0.39, 0.29) is 12.2 Å². The van der Waals surface area contributed by atoms with E-state index in [4.69, 9.17) is 21.1 Å². The van der Waals surface area contributed by atoms with Crippen molar-refractivity contribution in [2.24, 2.45) is 0 Å². The summed E-state index contributed by atoms with van der Waals surface area (Å²) < 4.78 is 11.1. The van der Waals surface area contributed by atoms with Crippen molar-refractivity contribution in [3.8, 4) is 0 Å². The monoisotopic (exact) mass is 297 g/mol. The number of benzene rings is 1. The quantitative estimate of drug-likeness (QED) is 0.794. The van der Waals surface area contributed by atoms with Crippen molar-refractivity contribution >= 4 is 17.7 Å². The maximum absolute atomic E-state index is 12.1. The zero-order valence-corrected chi connectivity index (χ0v) is 12.8. The molecule has 1 saturated heterocycles. The van der Waals surface area contributed by atoms with E-state index in [9.17, 15) is 4.79 Å². The molecule has 0 unspecified atom stereocenters. The van der Waals surface area contributed by atoms with Crippen LogP contribution < -0.4 is 0 Å². The van der Waals surface area contributed by atoms with Crippen LogP contribution in [0.1, 0.15) is 32.4 Å². The molecule has 0 spiro atoms. The van der Waals surface area contributed by atoms with Gasteiger partial charge in [0.15, 0.2) is 0 Å². The molecule has 2 rings (SSSR count). The van der Waals surface area contributed by atoms with Gasteiger partial charge < -0.3 is 14.4 Å². The Labute approximate surface area is 124 Å². The first-order chi connectivity index (χ1) is 9.35. The van der Waals surface area contributed by atoms with Crippen molar-refractivity contribution in [3.63, 3.8) is 0 Å². The van der Waals surface area contributed by atoms with Crippen molar-refractivity contribution in [1.82, 2.24) is 4.90 Å². The average molecular weight is 298 g/mol. The first kappa shape index (κ1) is 15.1. The van der Waals surface area contributed by atoms with E-state index in [1.807, 2.05) is 45.0 Å². The molecule has 5 heteroatoms. The molecule has 1 aromatic rings. The average Bonchev–Trinajstić information content (AvgIpc) is 2.37. The van der Waals surface area contributed by atoms with E-state index in [1.165, 1.54) is 0 Å². The molecule has 0 radical (unpaired) electrons. The molecule has 0 saturated carbocycles. The van der Waals surface area contributed by atoms with Gasteiger partial charge in [-0.1, -0.05) is 23.7 Å². The fourth-order valence-corrected chi connectivity index (χ4v) is 2.25. The number of hydrogen-bond donors (Lipinski definition) is 0. The summed E-state index contributed by atoms with van der Waals surface area (Å²) in [6, 6.07) is 7.52. The van der Waals surface area contributed by atoms with E-state index in [0.29, 0.717) is 24.7 Å². The standard InChI is InChI=1S/C15H20ClNO3/c1-15(2,3)20-14(18)17-7-8-19-13(10-17)11-5-4-6-12(16)9-11/h4-6,9,13H,7-8,10H2,1-3H3/t13-/m0/s1. The predicted molar refractivity (Wildman–Crippen MR) is 78.0 cm³/mol. The summed E-state index contributed by atoms with van der Waals surface area (Å²) in [5.41, 5.74) is 0.492. The summed E-state index contributed by atoms with van der Waals surface area (Å²) in [4.78, 5) is 13.8. The molecule has 20 heavy (non-hydrogen) atoms. The first-order valence-corrected chi connectivity index (χ1v) is 7.08. The second kappa shape index (κ2) is 6.02. The molecule has 4 nitrogen and oxygen atoms in total. The minimum absolute atomic E-state index is 0.157. The van der Waals surface area contributed by atoms with Crippen LogP contribution >= 0.6 is 11.6 Å². The van der Waals surface area contributed by atoms with E-state index >= 15 is 0 Å². The Hall–Kier alpha value is -1.26. The van der Waals surface area contributed by atoms with Gasteiger partial charge in [0, 0.05) is 11.6 Å². The normalized spacial score (nSPS) is 19.8. The Kier molecular flexibility index (Phi) is 4.55. The van der Waals surface area contributed by atoms with Gasteiger partial charge in [0.25, 0.3) is 0 Å². The number of carbonyl (C=O) groups excluding carboxylic acids is 1. The van der Waals surface area contributed by atoms with Crippen molar-refractivity contribution in [1.29, 1.82) is 0 Å². The van der Waals surface area contributed by atoms with Crippen LogP contribution in [0.2, 0.25) is 5.02 Å². The van der Waals surface area contributed by atoms with Crippen LogP contribution in [0.5, 0.6) is 0 Å². The minimum atomic E-state index is -0.485. The van der Waals surface area contributed by atoms with Gasteiger partial charge in [0.1, 0.15) is 11.7 Å². The van der Waals surface area contributed by atoms with Gasteiger partial charge in [-0.05, 0) is 38.5 Å². The molecule has 110 valence electrons. The third-order valence-electron chi connectivity index (χ3n) is 2.94. The highest BCUT2D eigenvalue weighted by Gasteiger charge is 2.28. The Morgan fingerprint density at radius 1 is 1.45 bits per heavy atom. The maximum Gasteiger partial charge on any atom is 0.410 e. The summed E-state index contributed by atoms with van der Waals surface area (Å²) in [7, 11) is 0. The van der Waals surface area contributed by atoms with E-state index in [0.717, 1.165) is 5.56 Å². The molecular formula is C15H20ClNO3. The van der Waals surface area contributed by atoms with E-state index in [1.54, 1.807) is 4.90 Å². The Morgan fingerprint density at radius 3 is 2.85 bits per heavy atom. The first-order valence-electron chi connectivity index (χ1n) is 6.70. The predicted octanol–water partition coefficient (Wildman–Crippen LogP) is 3.65. The second-order valence-electron chi connectivity index (χ2n) is 5.84. The summed E-state index contributed by atoms with van der Waals surface area (Å²) in [6.45, 7) is 7.11. The van der Waals surface area contributed by atoms with Crippen molar-refractivity contribution in [3.05, 3.63) is 34.9 Å². The largest absolute Gasteiger partial charge is 0.444 e. The van der Waals surface area contributed by atoms with Gasteiger partial charge in [-0.2, -0.15) is 0 Å². The SMILES string of the molecule is CC(C)(C)OC(=O)N1CCO[C@H](c2cccc(Cl)c2)C1. The number of nitrogens with zero attached hydrogens (tertiary/aromatic N) is 1. The maximum atomic E-state index is 12.1. The molecule has 1 fully saturated rings. The van der Waals surface area contributed by atoms with Crippen LogP contribution in [0.15, 0.2) is 24.3 Å². The van der Waals surface area contributed by atoms with Crippen LogP contribution in [0, 0.1) is 0 Å². The number of hydrogen-bond acceptors (Lipinski definition) is 3. The van der Waals surface area contributed by atoms with E-state index in [2.05, 4.69) is 0 Å². The van der Waals surface area contributed by atoms with Crippen molar-refractivity contribution in [2.45, 2.75) is 32.5 Å². The molecule has 1 aliphatic heterocycles. The summed E-state index contributed by atoms with van der Waals surface area (Å²) in [5.74, 6) is 0. The van der Waals surface area contributed by atoms with Crippen LogP contribution in [-0.2, 0) is 9.47 Å². The molecule has 1 aliphatic rings. The topological polar surface area (TPSA) is 38.8 Å². The van der Waals surface area contributed by atoms with Crippen molar-refractivity contribution in [2.75, 3.05) is 19.7 Å². The highest BCUT2D eigenvalue weighted by molar-refractivity contribution is 6.30. The summed E-state index contributed by atoms with van der Waals surface area (Å²) in [6.07, 6.45) is -0.456. The van der Waals surface area contributed by atoms with E-state index < -0.39 is 5.60 Å². The molecule has 1 heterocycles. The Bertz CT molecular complexity index is 484. The second-order valence-corrected chi connectivity index (χ2v) is 6.28. The third-order valence-corrected chi connectivity index (χ3v) is 3.17. The number of carbonyl (C=O) groups is 1. The zero-order valence-electron chi connectivity index (χ0n) is 12.1. The fourth-order valence-electron chi connectivity index (χ4n) is 2.05. The van der Waals surface area contributed by atoms with Gasteiger partial charge in [0.05, 0.1) is 13.2 Å². The fraction of sp³-hybridized carbons (Fsp3) is 0.533. The molecule has 0 bridgehead atoms. The molecular weight excluding hydrogens is 278 g/mol. The number of halogens is 1.